The lowest BCUT2D eigenvalue weighted by atomic mass is 10.2. The zero-order valence-corrected chi connectivity index (χ0v) is 11.3. The van der Waals surface area contributed by atoms with Gasteiger partial charge in [0.25, 0.3) is 0 Å². The standard InChI is InChI=1S/C14H19N3S/c1-2-4-12(5-3-1)14-16-13(11-18-14)10-17-8-6-15-7-9-17/h1-5,13,15H,6-11H2. The summed E-state index contributed by atoms with van der Waals surface area (Å²) < 4.78 is 0. The van der Waals surface area contributed by atoms with Crippen molar-refractivity contribution in [2.75, 3.05) is 38.5 Å². The van der Waals surface area contributed by atoms with E-state index in [0.29, 0.717) is 6.04 Å². The number of aliphatic imine (C=N–C) groups is 1. The molecule has 4 heteroatoms. The number of hydrogen-bond donors (Lipinski definition) is 1. The van der Waals surface area contributed by atoms with E-state index in [4.69, 9.17) is 4.99 Å². The molecule has 0 aromatic heterocycles. The van der Waals surface area contributed by atoms with Gasteiger partial charge < -0.3 is 5.32 Å². The highest BCUT2D eigenvalue weighted by Crippen LogP contribution is 2.23. The fraction of sp³-hybridized carbons (Fsp3) is 0.500. The van der Waals surface area contributed by atoms with E-state index in [-0.39, 0.29) is 0 Å². The van der Waals surface area contributed by atoms with E-state index in [1.54, 1.807) is 0 Å². The first kappa shape index (κ1) is 12.2. The van der Waals surface area contributed by atoms with Gasteiger partial charge in [0.15, 0.2) is 0 Å². The second kappa shape index (κ2) is 5.87. The number of piperazine rings is 1. The lowest BCUT2D eigenvalue weighted by molar-refractivity contribution is 0.233. The molecule has 2 aliphatic heterocycles. The van der Waals surface area contributed by atoms with Gasteiger partial charge in [0, 0.05) is 44.0 Å². The predicted octanol–water partition coefficient (Wildman–Crippen LogP) is 1.45. The Balaban J connectivity index is 1.61. The number of nitrogens with one attached hydrogen (secondary N) is 1. The molecule has 1 aromatic carbocycles. The van der Waals surface area contributed by atoms with Gasteiger partial charge in [-0.05, 0) is 0 Å². The van der Waals surface area contributed by atoms with Crippen LogP contribution in [0.2, 0.25) is 0 Å². The summed E-state index contributed by atoms with van der Waals surface area (Å²) in [6.07, 6.45) is 0. The van der Waals surface area contributed by atoms with Gasteiger partial charge in [-0.15, -0.1) is 11.8 Å². The Hall–Kier alpha value is -0.840. The van der Waals surface area contributed by atoms with E-state index in [2.05, 4.69) is 40.5 Å². The average Bonchev–Trinajstić information content (AvgIpc) is 2.89. The number of benzene rings is 1. The first-order valence-electron chi connectivity index (χ1n) is 6.61. The molecule has 1 aromatic rings. The van der Waals surface area contributed by atoms with Gasteiger partial charge in [0.2, 0.25) is 0 Å². The molecule has 1 fully saturated rings. The minimum atomic E-state index is 0.475. The van der Waals surface area contributed by atoms with Crippen molar-refractivity contribution in [3.63, 3.8) is 0 Å². The summed E-state index contributed by atoms with van der Waals surface area (Å²) in [6, 6.07) is 11.0. The van der Waals surface area contributed by atoms with E-state index in [1.807, 2.05) is 11.8 Å². The SMILES string of the molecule is c1ccc(C2=NC(CN3CCNCC3)CS2)cc1. The topological polar surface area (TPSA) is 27.6 Å². The molecular weight excluding hydrogens is 242 g/mol. The molecule has 1 N–H and O–H groups in total. The van der Waals surface area contributed by atoms with Crippen LogP contribution in [0.5, 0.6) is 0 Å². The molecule has 0 aliphatic carbocycles. The van der Waals surface area contributed by atoms with Crippen molar-refractivity contribution in [3.05, 3.63) is 35.9 Å². The van der Waals surface area contributed by atoms with Gasteiger partial charge in [0.1, 0.15) is 0 Å². The summed E-state index contributed by atoms with van der Waals surface area (Å²) in [5, 5.41) is 4.61. The summed E-state index contributed by atoms with van der Waals surface area (Å²) in [7, 11) is 0. The van der Waals surface area contributed by atoms with E-state index in [1.165, 1.54) is 10.6 Å². The van der Waals surface area contributed by atoms with E-state index in [0.717, 1.165) is 38.5 Å². The normalized spacial score (nSPS) is 25.1. The molecule has 18 heavy (non-hydrogen) atoms. The Kier molecular flexibility index (Phi) is 3.98. The zero-order valence-electron chi connectivity index (χ0n) is 10.5. The smallest absolute Gasteiger partial charge is 0.0981 e. The molecule has 3 rings (SSSR count). The fourth-order valence-electron chi connectivity index (χ4n) is 2.44. The molecule has 1 saturated heterocycles. The number of rotatable bonds is 3. The van der Waals surface area contributed by atoms with Crippen molar-refractivity contribution in [1.82, 2.24) is 10.2 Å². The summed E-state index contributed by atoms with van der Waals surface area (Å²) in [5.41, 5.74) is 1.27. The van der Waals surface area contributed by atoms with Gasteiger partial charge in [-0.25, -0.2) is 0 Å². The van der Waals surface area contributed by atoms with Gasteiger partial charge in [0.05, 0.1) is 11.1 Å². The second-order valence-electron chi connectivity index (χ2n) is 4.82. The Morgan fingerprint density at radius 1 is 1.22 bits per heavy atom. The first-order chi connectivity index (χ1) is 8.92. The number of hydrogen-bond acceptors (Lipinski definition) is 4. The summed E-state index contributed by atoms with van der Waals surface area (Å²) in [5.74, 6) is 1.13. The maximum Gasteiger partial charge on any atom is 0.0981 e. The van der Waals surface area contributed by atoms with Crippen LogP contribution in [0, 0.1) is 0 Å². The van der Waals surface area contributed by atoms with Crippen LogP contribution < -0.4 is 5.32 Å². The third kappa shape index (κ3) is 2.94. The van der Waals surface area contributed by atoms with Gasteiger partial charge in [-0.3, -0.25) is 9.89 Å². The third-order valence-electron chi connectivity index (χ3n) is 3.41. The molecule has 1 unspecified atom stereocenters. The minimum absolute atomic E-state index is 0.475. The van der Waals surface area contributed by atoms with E-state index >= 15 is 0 Å². The van der Waals surface area contributed by atoms with Crippen LogP contribution in [0.3, 0.4) is 0 Å². The average molecular weight is 261 g/mol. The highest BCUT2D eigenvalue weighted by molar-refractivity contribution is 8.14. The van der Waals surface area contributed by atoms with Crippen LogP contribution in [-0.2, 0) is 0 Å². The molecule has 0 saturated carbocycles. The molecule has 3 nitrogen and oxygen atoms in total. The largest absolute Gasteiger partial charge is 0.314 e. The fourth-order valence-corrected chi connectivity index (χ4v) is 3.50. The van der Waals surface area contributed by atoms with Crippen LogP contribution in [0.4, 0.5) is 0 Å². The van der Waals surface area contributed by atoms with Crippen molar-refractivity contribution >= 4 is 16.8 Å². The quantitative estimate of drug-likeness (QED) is 0.892. The van der Waals surface area contributed by atoms with Crippen molar-refractivity contribution in [2.24, 2.45) is 4.99 Å². The summed E-state index contributed by atoms with van der Waals surface area (Å²) >= 11 is 1.90. The minimum Gasteiger partial charge on any atom is -0.314 e. The highest BCUT2D eigenvalue weighted by Gasteiger charge is 2.22. The lowest BCUT2D eigenvalue weighted by Gasteiger charge is -2.28. The molecule has 0 radical (unpaired) electrons. The molecule has 1 atom stereocenters. The number of thioether (sulfide) groups is 1. The van der Waals surface area contributed by atoms with E-state index in [9.17, 15) is 0 Å². The first-order valence-corrected chi connectivity index (χ1v) is 7.59. The Labute approximate surface area is 113 Å². The third-order valence-corrected chi connectivity index (χ3v) is 4.58. The second-order valence-corrected chi connectivity index (χ2v) is 5.82. The number of nitrogens with zero attached hydrogens (tertiary/aromatic N) is 2. The predicted molar refractivity (Wildman–Crippen MR) is 78.5 cm³/mol. The Morgan fingerprint density at radius 2 is 2.00 bits per heavy atom. The Morgan fingerprint density at radius 3 is 2.78 bits per heavy atom. The molecular formula is C14H19N3S. The molecule has 2 heterocycles. The van der Waals surface area contributed by atoms with Gasteiger partial charge in [-0.2, -0.15) is 0 Å². The maximum atomic E-state index is 4.87. The van der Waals surface area contributed by atoms with Crippen molar-refractivity contribution < 1.29 is 0 Å². The highest BCUT2D eigenvalue weighted by atomic mass is 32.2. The summed E-state index contributed by atoms with van der Waals surface area (Å²) in [6.45, 7) is 5.68. The molecule has 96 valence electrons. The van der Waals surface area contributed by atoms with Gasteiger partial charge in [-0.1, -0.05) is 30.3 Å². The Bertz CT molecular complexity index is 412. The monoisotopic (exact) mass is 261 g/mol. The molecule has 2 aliphatic rings. The molecule has 0 spiro atoms. The van der Waals surface area contributed by atoms with Gasteiger partial charge >= 0.3 is 0 Å². The lowest BCUT2D eigenvalue weighted by Crippen LogP contribution is -2.46. The van der Waals surface area contributed by atoms with Crippen LogP contribution in [-0.4, -0.2) is 54.5 Å². The van der Waals surface area contributed by atoms with Crippen LogP contribution in [0.25, 0.3) is 0 Å². The van der Waals surface area contributed by atoms with Crippen LogP contribution in [0.1, 0.15) is 5.56 Å². The summed E-state index contributed by atoms with van der Waals surface area (Å²) in [4.78, 5) is 7.40. The van der Waals surface area contributed by atoms with Crippen molar-refractivity contribution in [3.8, 4) is 0 Å². The molecule has 0 bridgehead atoms. The zero-order chi connectivity index (χ0) is 12.2. The van der Waals surface area contributed by atoms with E-state index < -0.39 is 0 Å². The van der Waals surface area contributed by atoms with Crippen LogP contribution in [0.15, 0.2) is 35.3 Å². The van der Waals surface area contributed by atoms with Crippen molar-refractivity contribution in [2.45, 2.75) is 6.04 Å². The molecule has 0 amide bonds. The maximum absolute atomic E-state index is 4.87. The van der Waals surface area contributed by atoms with Crippen LogP contribution >= 0.6 is 11.8 Å². The van der Waals surface area contributed by atoms with Crippen molar-refractivity contribution in [1.29, 1.82) is 0 Å².